The topological polar surface area (TPSA) is 72.2 Å². The van der Waals surface area contributed by atoms with Gasteiger partial charge in [0.25, 0.3) is 0 Å². The van der Waals surface area contributed by atoms with Crippen molar-refractivity contribution < 1.29 is 14.7 Å². The number of nitrogens with zero attached hydrogens (tertiary/aromatic N) is 2. The van der Waals surface area contributed by atoms with Crippen LogP contribution >= 0.6 is 11.6 Å². The van der Waals surface area contributed by atoms with Crippen LogP contribution in [0.2, 0.25) is 5.15 Å². The highest BCUT2D eigenvalue weighted by atomic mass is 35.5. The Balaban J connectivity index is 1.92. The van der Waals surface area contributed by atoms with E-state index in [4.69, 9.17) is 11.6 Å². The van der Waals surface area contributed by atoms with Gasteiger partial charge in [0.15, 0.2) is 11.4 Å². The Morgan fingerprint density at radius 3 is 2.53 bits per heavy atom. The van der Waals surface area contributed by atoms with Crippen LogP contribution in [0.4, 0.5) is 0 Å². The van der Waals surface area contributed by atoms with Crippen LogP contribution in [-0.4, -0.2) is 26.9 Å². The Morgan fingerprint density at radius 2 is 1.97 bits per heavy atom. The Bertz CT molecular complexity index is 959. The lowest BCUT2D eigenvalue weighted by atomic mass is 9.53. The second-order valence-electron chi connectivity index (χ2n) is 10.1. The molecular weight excluding hydrogens is 424 g/mol. The Morgan fingerprint density at radius 1 is 1.28 bits per heavy atom. The molecule has 5 nitrogen and oxygen atoms in total. The van der Waals surface area contributed by atoms with Crippen molar-refractivity contribution in [2.75, 3.05) is 0 Å². The maximum absolute atomic E-state index is 12.6. The van der Waals surface area contributed by atoms with E-state index in [1.807, 2.05) is 16.7 Å². The number of hydrogen-bond donors (Lipinski definition) is 1. The number of aryl methyl sites for hydroxylation is 1. The predicted octanol–water partition coefficient (Wildman–Crippen LogP) is 6.51. The van der Waals surface area contributed by atoms with Crippen molar-refractivity contribution in [3.05, 3.63) is 52.1 Å². The minimum atomic E-state index is -0.775. The second kappa shape index (κ2) is 9.78. The first-order valence-electron chi connectivity index (χ1n) is 11.7. The SMILES string of the molecule is CCCCc1nc(Cl)c(C=O)n1Cc1ccc(C2CCCCC2(C(=O)O)C(C)(C)C)cc1. The summed E-state index contributed by atoms with van der Waals surface area (Å²) in [6.07, 6.45) is 7.16. The monoisotopic (exact) mass is 458 g/mol. The molecule has 174 valence electrons. The van der Waals surface area contributed by atoms with E-state index in [1.165, 1.54) is 0 Å². The van der Waals surface area contributed by atoms with E-state index < -0.39 is 11.4 Å². The quantitative estimate of drug-likeness (QED) is 0.457. The zero-order valence-electron chi connectivity index (χ0n) is 19.7. The van der Waals surface area contributed by atoms with Gasteiger partial charge in [-0.15, -0.1) is 0 Å². The molecule has 6 heteroatoms. The predicted molar refractivity (Wildman–Crippen MR) is 128 cm³/mol. The molecule has 2 unspecified atom stereocenters. The lowest BCUT2D eigenvalue weighted by molar-refractivity contribution is -0.162. The number of imidazole rings is 1. The fraction of sp³-hybridized carbons (Fsp3) is 0.577. The summed E-state index contributed by atoms with van der Waals surface area (Å²) >= 11 is 6.21. The van der Waals surface area contributed by atoms with E-state index in [0.717, 1.165) is 61.8 Å². The third-order valence-electron chi connectivity index (χ3n) is 7.26. The number of carbonyl (C=O) groups excluding carboxylic acids is 1. The number of hydrogen-bond acceptors (Lipinski definition) is 3. The maximum atomic E-state index is 12.6. The average molecular weight is 459 g/mol. The van der Waals surface area contributed by atoms with Crippen molar-refractivity contribution in [2.45, 2.75) is 85.1 Å². The first-order chi connectivity index (χ1) is 15.2. The van der Waals surface area contributed by atoms with Crippen molar-refractivity contribution >= 4 is 23.9 Å². The molecule has 2 atom stereocenters. The largest absolute Gasteiger partial charge is 0.481 e. The van der Waals surface area contributed by atoms with Gasteiger partial charge >= 0.3 is 5.97 Å². The molecule has 1 heterocycles. The summed E-state index contributed by atoms with van der Waals surface area (Å²) in [6.45, 7) is 8.79. The zero-order chi connectivity index (χ0) is 23.5. The smallest absolute Gasteiger partial charge is 0.310 e. The molecule has 2 aromatic rings. The Labute approximate surface area is 196 Å². The third kappa shape index (κ3) is 4.50. The first kappa shape index (κ1) is 24.5. The number of aldehydes is 1. The molecule has 1 aromatic heterocycles. The number of carbonyl (C=O) groups is 2. The zero-order valence-corrected chi connectivity index (χ0v) is 20.4. The van der Waals surface area contributed by atoms with Gasteiger partial charge in [-0.25, -0.2) is 4.98 Å². The van der Waals surface area contributed by atoms with Gasteiger partial charge in [0.05, 0.1) is 5.41 Å². The molecule has 32 heavy (non-hydrogen) atoms. The Kier molecular flexibility index (Phi) is 7.49. The fourth-order valence-corrected chi connectivity index (χ4v) is 5.68. The molecule has 3 rings (SSSR count). The molecule has 1 aromatic carbocycles. The standard InChI is InChI=1S/C26H35ClN2O3/c1-5-6-10-22-28-23(27)21(17-30)29(22)16-18-11-13-19(14-12-18)20-9-7-8-15-26(20,24(31)32)25(2,3)4/h11-14,17,20H,5-10,15-16H2,1-4H3,(H,31,32). The van der Waals surface area contributed by atoms with Gasteiger partial charge in [0.1, 0.15) is 11.5 Å². The van der Waals surface area contributed by atoms with Gasteiger partial charge in [-0.3, -0.25) is 9.59 Å². The van der Waals surface area contributed by atoms with Gasteiger partial charge in [0.2, 0.25) is 0 Å². The van der Waals surface area contributed by atoms with Gasteiger partial charge in [-0.05, 0) is 35.8 Å². The number of benzene rings is 1. The summed E-state index contributed by atoms with van der Waals surface area (Å²) in [5.41, 5.74) is 1.41. The molecule has 0 spiro atoms. The van der Waals surface area contributed by atoms with Gasteiger partial charge in [-0.2, -0.15) is 0 Å². The molecule has 1 N–H and O–H groups in total. The molecule has 0 saturated heterocycles. The number of carboxylic acids is 1. The molecule has 0 bridgehead atoms. The molecule has 0 amide bonds. The van der Waals surface area contributed by atoms with Crippen LogP contribution in [0.3, 0.4) is 0 Å². The van der Waals surface area contributed by atoms with Crippen LogP contribution in [0, 0.1) is 10.8 Å². The van der Waals surface area contributed by atoms with Crippen molar-refractivity contribution in [3.8, 4) is 0 Å². The number of aliphatic carboxylic acids is 1. The van der Waals surface area contributed by atoms with Crippen LogP contribution in [0.15, 0.2) is 24.3 Å². The number of rotatable bonds is 8. The van der Waals surface area contributed by atoms with Crippen molar-refractivity contribution in [1.82, 2.24) is 9.55 Å². The van der Waals surface area contributed by atoms with E-state index in [1.54, 1.807) is 0 Å². The second-order valence-corrected chi connectivity index (χ2v) is 10.4. The molecule has 1 aliphatic rings. The van der Waals surface area contributed by atoms with E-state index in [0.29, 0.717) is 18.7 Å². The maximum Gasteiger partial charge on any atom is 0.310 e. The number of aromatic nitrogens is 2. The summed E-state index contributed by atoms with van der Waals surface area (Å²) in [5, 5.41) is 10.6. The molecule has 0 aliphatic heterocycles. The first-order valence-corrected chi connectivity index (χ1v) is 12.1. The van der Waals surface area contributed by atoms with Crippen LogP contribution in [0.1, 0.15) is 99.6 Å². The molecule has 1 fully saturated rings. The van der Waals surface area contributed by atoms with Gasteiger partial charge in [-0.1, -0.05) is 82.8 Å². The number of unbranched alkanes of at least 4 members (excludes halogenated alkanes) is 1. The summed E-state index contributed by atoms with van der Waals surface area (Å²) in [4.78, 5) is 28.6. The lowest BCUT2D eigenvalue weighted by Gasteiger charge is -2.49. The molecule has 1 saturated carbocycles. The molecular formula is C26H35ClN2O3. The minimum absolute atomic E-state index is 0.0175. The van der Waals surface area contributed by atoms with Crippen molar-refractivity contribution in [1.29, 1.82) is 0 Å². The van der Waals surface area contributed by atoms with E-state index in [9.17, 15) is 14.7 Å². The Hall–Kier alpha value is -2.14. The van der Waals surface area contributed by atoms with Crippen molar-refractivity contribution in [3.63, 3.8) is 0 Å². The van der Waals surface area contributed by atoms with Gasteiger partial charge < -0.3 is 9.67 Å². The van der Waals surface area contributed by atoms with Gasteiger partial charge in [0, 0.05) is 18.9 Å². The summed E-state index contributed by atoms with van der Waals surface area (Å²) in [5.74, 6) is 0.118. The summed E-state index contributed by atoms with van der Waals surface area (Å²) in [6, 6.07) is 8.23. The van der Waals surface area contributed by atoms with Crippen LogP contribution in [-0.2, 0) is 17.8 Å². The summed E-state index contributed by atoms with van der Waals surface area (Å²) < 4.78 is 1.90. The van der Waals surface area contributed by atoms with E-state index in [2.05, 4.69) is 44.8 Å². The highest BCUT2D eigenvalue weighted by molar-refractivity contribution is 6.31. The third-order valence-corrected chi connectivity index (χ3v) is 7.54. The highest BCUT2D eigenvalue weighted by Gasteiger charge is 2.55. The van der Waals surface area contributed by atoms with E-state index in [-0.39, 0.29) is 16.5 Å². The van der Waals surface area contributed by atoms with Crippen molar-refractivity contribution in [2.24, 2.45) is 10.8 Å². The highest BCUT2D eigenvalue weighted by Crippen LogP contribution is 2.57. The van der Waals surface area contributed by atoms with Crippen LogP contribution in [0.25, 0.3) is 0 Å². The van der Waals surface area contributed by atoms with E-state index >= 15 is 0 Å². The normalized spacial score (nSPS) is 21.5. The molecule has 0 radical (unpaired) electrons. The van der Waals surface area contributed by atoms with Crippen LogP contribution in [0.5, 0.6) is 0 Å². The number of halogens is 1. The lowest BCUT2D eigenvalue weighted by Crippen LogP contribution is -2.49. The minimum Gasteiger partial charge on any atom is -0.481 e. The summed E-state index contributed by atoms with van der Waals surface area (Å²) in [7, 11) is 0. The molecule has 1 aliphatic carbocycles. The number of carboxylic acid groups (broad SMARTS) is 1. The van der Waals surface area contributed by atoms with Crippen LogP contribution < -0.4 is 0 Å². The fourth-order valence-electron chi connectivity index (χ4n) is 5.43. The average Bonchev–Trinajstić information content (AvgIpc) is 3.05.